The van der Waals surface area contributed by atoms with E-state index in [9.17, 15) is 14.0 Å². The number of rotatable bonds is 1. The quantitative estimate of drug-likeness (QED) is 0.612. The van der Waals surface area contributed by atoms with Crippen LogP contribution < -0.4 is 5.32 Å². The van der Waals surface area contributed by atoms with Gasteiger partial charge >= 0.3 is 6.09 Å². The minimum Gasteiger partial charge on any atom is -0.444 e. The highest BCUT2D eigenvalue weighted by Gasteiger charge is 2.67. The Morgan fingerprint density at radius 1 is 1.31 bits per heavy atom. The Bertz CT molecular complexity index is 998. The molecule has 1 fully saturated rings. The number of guanidine groups is 1. The molecule has 0 saturated heterocycles. The number of amides is 2. The number of aliphatic imine (C=N–C) groups is 1. The van der Waals surface area contributed by atoms with Crippen molar-refractivity contribution in [3.8, 4) is 0 Å². The predicted molar refractivity (Wildman–Crippen MR) is 121 cm³/mol. The summed E-state index contributed by atoms with van der Waals surface area (Å²) in [7, 11) is 3.26. The summed E-state index contributed by atoms with van der Waals surface area (Å²) in [5.41, 5.74) is -1.54. The summed E-state index contributed by atoms with van der Waals surface area (Å²) in [5, 5.41) is 2.63. The molecule has 1 aliphatic heterocycles. The van der Waals surface area contributed by atoms with Crippen molar-refractivity contribution in [2.24, 2.45) is 10.4 Å². The highest BCUT2D eigenvalue weighted by Crippen LogP contribution is 2.63. The first-order valence-corrected chi connectivity index (χ1v) is 11.6. The summed E-state index contributed by atoms with van der Waals surface area (Å²) in [5.74, 6) is -0.501. The maximum atomic E-state index is 15.0. The Hall–Kier alpha value is -2.00. The molecule has 0 aromatic heterocycles. The van der Waals surface area contributed by atoms with E-state index in [-0.39, 0.29) is 23.8 Å². The van der Waals surface area contributed by atoms with Gasteiger partial charge in [-0.25, -0.2) is 14.2 Å². The molecule has 1 N–H and O–H groups in total. The fraction of sp³-hybridized carbons (Fsp3) is 0.609. The number of carbonyl (C=O) groups excluding carboxylic acids is 2. The van der Waals surface area contributed by atoms with Crippen LogP contribution in [-0.4, -0.2) is 48.7 Å². The molecule has 32 heavy (non-hydrogen) atoms. The number of methoxy groups -OCH3 is 1. The van der Waals surface area contributed by atoms with Crippen molar-refractivity contribution in [2.45, 2.75) is 70.1 Å². The number of hydrogen-bond acceptors (Lipinski definition) is 5. The molecule has 2 spiro atoms. The van der Waals surface area contributed by atoms with E-state index >= 15 is 0 Å². The molecule has 0 radical (unpaired) electrons. The van der Waals surface area contributed by atoms with Gasteiger partial charge in [0, 0.05) is 29.6 Å². The van der Waals surface area contributed by atoms with Crippen LogP contribution in [0.5, 0.6) is 0 Å². The molecular formula is C23H29BrFN3O4. The molecule has 1 unspecified atom stereocenters. The van der Waals surface area contributed by atoms with Gasteiger partial charge in [0.1, 0.15) is 11.4 Å². The van der Waals surface area contributed by atoms with Crippen molar-refractivity contribution >= 4 is 33.9 Å². The summed E-state index contributed by atoms with van der Waals surface area (Å²) >= 11 is 3.56. The molecular weight excluding hydrogens is 481 g/mol. The fourth-order valence-electron chi connectivity index (χ4n) is 5.44. The lowest BCUT2D eigenvalue weighted by molar-refractivity contribution is -0.137. The van der Waals surface area contributed by atoms with Gasteiger partial charge < -0.3 is 9.47 Å². The van der Waals surface area contributed by atoms with Gasteiger partial charge in [-0.1, -0.05) is 15.9 Å². The zero-order valence-electron chi connectivity index (χ0n) is 19.1. The third-order valence-electron chi connectivity index (χ3n) is 6.89. The van der Waals surface area contributed by atoms with Crippen LogP contribution in [0.1, 0.15) is 57.6 Å². The van der Waals surface area contributed by atoms with E-state index in [1.54, 1.807) is 41.0 Å². The van der Waals surface area contributed by atoms with Crippen LogP contribution in [0, 0.1) is 11.2 Å². The van der Waals surface area contributed by atoms with E-state index < -0.39 is 22.6 Å². The molecule has 7 nitrogen and oxygen atoms in total. The van der Waals surface area contributed by atoms with E-state index in [1.165, 1.54) is 11.0 Å². The Morgan fingerprint density at radius 2 is 1.97 bits per heavy atom. The number of hydrogen-bond donors (Lipinski definition) is 1. The van der Waals surface area contributed by atoms with Crippen molar-refractivity contribution in [1.29, 1.82) is 0 Å². The first-order chi connectivity index (χ1) is 14.9. The number of nitrogens with one attached hydrogen (secondary N) is 1. The van der Waals surface area contributed by atoms with Gasteiger partial charge in [-0.15, -0.1) is 0 Å². The lowest BCUT2D eigenvalue weighted by Crippen LogP contribution is -2.51. The predicted octanol–water partition coefficient (Wildman–Crippen LogP) is 4.27. The first kappa shape index (κ1) is 23.2. The van der Waals surface area contributed by atoms with Crippen molar-refractivity contribution in [1.82, 2.24) is 10.2 Å². The van der Waals surface area contributed by atoms with Gasteiger partial charge in [-0.2, -0.15) is 0 Å². The van der Waals surface area contributed by atoms with Crippen molar-refractivity contribution in [3.05, 3.63) is 33.5 Å². The molecule has 2 aliphatic carbocycles. The fourth-order valence-corrected chi connectivity index (χ4v) is 6.10. The molecule has 0 bridgehead atoms. The second-order valence-corrected chi connectivity index (χ2v) is 10.8. The zero-order chi connectivity index (χ0) is 23.5. The Balaban J connectivity index is 1.83. The van der Waals surface area contributed by atoms with Crippen LogP contribution in [0.15, 0.2) is 21.6 Å². The number of ether oxygens (including phenoxy) is 2. The highest BCUT2D eigenvalue weighted by atomic mass is 79.9. The lowest BCUT2D eigenvalue weighted by Gasteiger charge is -2.45. The highest BCUT2D eigenvalue weighted by molar-refractivity contribution is 9.10. The van der Waals surface area contributed by atoms with Gasteiger partial charge in [-0.05, 0) is 70.6 Å². The molecule has 2 amide bonds. The number of likely N-dealkylation sites (N-methyl/N-ethyl adjacent to an activating group) is 1. The Kier molecular flexibility index (Phi) is 5.65. The average molecular weight is 510 g/mol. The smallest absolute Gasteiger partial charge is 0.414 e. The van der Waals surface area contributed by atoms with Crippen molar-refractivity contribution in [2.75, 3.05) is 14.2 Å². The topological polar surface area (TPSA) is 80.2 Å². The van der Waals surface area contributed by atoms with Crippen molar-refractivity contribution < 1.29 is 23.5 Å². The maximum Gasteiger partial charge on any atom is 0.414 e. The summed E-state index contributed by atoms with van der Waals surface area (Å²) in [6.07, 6.45) is 2.66. The largest absolute Gasteiger partial charge is 0.444 e. The second-order valence-electron chi connectivity index (χ2n) is 9.91. The van der Waals surface area contributed by atoms with Gasteiger partial charge in [-0.3, -0.25) is 15.0 Å². The standard InChI is InChI=1S/C23H29BrFN3O4/c1-21(2,3)32-20(30)26-19-27-23(18(29)28(19)4)17-14(16(25)7-6-15(17)24)12-22(23)10-8-13(31-5)9-11-22/h6-7,13H,8-12H2,1-5H3,(H,26,27,30)/t13-,22-,23?. The van der Waals surface area contributed by atoms with E-state index in [4.69, 9.17) is 14.5 Å². The molecule has 1 heterocycles. The van der Waals surface area contributed by atoms with Gasteiger partial charge in [0.15, 0.2) is 5.54 Å². The molecule has 1 aromatic rings. The number of nitrogens with zero attached hydrogens (tertiary/aromatic N) is 2. The SMILES string of the molecule is CO[C@H]1CC[C@]2(CC1)Cc1c(F)ccc(Br)c1C21N=C(NC(=O)OC(C)(C)C)N(C)C1=O. The molecule has 174 valence electrons. The molecule has 9 heteroatoms. The third kappa shape index (κ3) is 3.44. The van der Waals surface area contributed by atoms with E-state index in [0.29, 0.717) is 34.9 Å². The van der Waals surface area contributed by atoms with Gasteiger partial charge in [0.25, 0.3) is 5.91 Å². The van der Waals surface area contributed by atoms with E-state index in [0.717, 1.165) is 12.8 Å². The van der Waals surface area contributed by atoms with Gasteiger partial charge in [0.05, 0.1) is 6.10 Å². The third-order valence-corrected chi connectivity index (χ3v) is 7.55. The first-order valence-electron chi connectivity index (χ1n) is 10.8. The summed E-state index contributed by atoms with van der Waals surface area (Å²) in [4.78, 5) is 32.6. The summed E-state index contributed by atoms with van der Waals surface area (Å²) in [6, 6.07) is 3.04. The van der Waals surface area contributed by atoms with Crippen LogP contribution >= 0.6 is 15.9 Å². The lowest BCUT2D eigenvalue weighted by atomic mass is 9.61. The van der Waals surface area contributed by atoms with Crippen LogP contribution in [0.25, 0.3) is 0 Å². The average Bonchev–Trinajstić information content (AvgIpc) is 3.13. The van der Waals surface area contributed by atoms with Gasteiger partial charge in [0.2, 0.25) is 5.96 Å². The number of fused-ring (bicyclic) bond motifs is 3. The summed E-state index contributed by atoms with van der Waals surface area (Å²) < 4.78 is 26.5. The molecule has 1 saturated carbocycles. The molecule has 3 aliphatic rings. The van der Waals surface area contributed by atoms with Crippen molar-refractivity contribution in [3.63, 3.8) is 0 Å². The number of benzene rings is 1. The van der Waals surface area contributed by atoms with E-state index in [1.807, 2.05) is 0 Å². The minimum absolute atomic E-state index is 0.104. The normalized spacial score (nSPS) is 29.5. The molecule has 4 rings (SSSR count). The van der Waals surface area contributed by atoms with Crippen LogP contribution in [0.3, 0.4) is 0 Å². The van der Waals surface area contributed by atoms with Crippen LogP contribution in [-0.2, 0) is 26.2 Å². The number of alkyl carbamates (subject to hydrolysis) is 1. The van der Waals surface area contributed by atoms with E-state index in [2.05, 4.69) is 21.2 Å². The number of halogens is 2. The Morgan fingerprint density at radius 3 is 2.56 bits per heavy atom. The monoisotopic (exact) mass is 509 g/mol. The second kappa shape index (κ2) is 7.80. The molecule has 1 atom stereocenters. The minimum atomic E-state index is -1.32. The Labute approximate surface area is 195 Å². The van der Waals surface area contributed by atoms with Crippen LogP contribution in [0.2, 0.25) is 0 Å². The molecule has 1 aromatic carbocycles. The maximum absolute atomic E-state index is 15.0. The van der Waals surface area contributed by atoms with Crippen LogP contribution in [0.4, 0.5) is 9.18 Å². The zero-order valence-corrected chi connectivity index (χ0v) is 20.6. The summed E-state index contributed by atoms with van der Waals surface area (Å²) in [6.45, 7) is 5.28. The number of carbonyl (C=O) groups is 2.